The summed E-state index contributed by atoms with van der Waals surface area (Å²) in [5.74, 6) is -0.726. The number of unbranched alkanes of at least 4 members (excludes halogenated alkanes) is 1. The van der Waals surface area contributed by atoms with Gasteiger partial charge in [0.15, 0.2) is 0 Å². The molecule has 1 heterocycles. The van der Waals surface area contributed by atoms with E-state index in [0.29, 0.717) is 29.5 Å². The SMILES string of the molecule is CC(C)=C[C@H]1[C@@H](O[Si](C(C)C)(C(C)C)C(C)C)C(=O)N1C(=O)/C=C/CCCN(C(=O)OC(C)(C)C)C(=O)OC(C)(C)C. The molecule has 0 aromatic rings. The summed E-state index contributed by atoms with van der Waals surface area (Å²) in [6.07, 6.45) is 3.48. The van der Waals surface area contributed by atoms with Crippen LogP contribution >= 0.6 is 0 Å². The largest absolute Gasteiger partial charge is 0.443 e. The fourth-order valence-corrected chi connectivity index (χ4v) is 11.0. The predicted molar refractivity (Wildman–Crippen MR) is 169 cm³/mol. The van der Waals surface area contributed by atoms with Gasteiger partial charge >= 0.3 is 12.2 Å². The molecule has 0 radical (unpaired) electrons. The summed E-state index contributed by atoms with van der Waals surface area (Å²) >= 11 is 0. The molecule has 42 heavy (non-hydrogen) atoms. The van der Waals surface area contributed by atoms with Crippen LogP contribution in [0.2, 0.25) is 16.6 Å². The molecule has 0 aromatic carbocycles. The zero-order chi connectivity index (χ0) is 32.8. The third-order valence-corrected chi connectivity index (χ3v) is 13.2. The topological polar surface area (TPSA) is 102 Å². The number of ether oxygens (including phenoxy) is 2. The monoisotopic (exact) mass is 608 g/mol. The Morgan fingerprint density at radius 2 is 1.33 bits per heavy atom. The van der Waals surface area contributed by atoms with Crippen molar-refractivity contribution in [1.82, 2.24) is 9.80 Å². The van der Waals surface area contributed by atoms with Gasteiger partial charge in [-0.3, -0.25) is 14.5 Å². The number of rotatable bonds is 11. The highest BCUT2D eigenvalue weighted by Crippen LogP contribution is 2.45. The van der Waals surface area contributed by atoms with Crippen molar-refractivity contribution in [2.75, 3.05) is 6.54 Å². The van der Waals surface area contributed by atoms with Crippen LogP contribution in [0.25, 0.3) is 0 Å². The van der Waals surface area contributed by atoms with Crippen LogP contribution in [0.5, 0.6) is 0 Å². The van der Waals surface area contributed by atoms with E-state index in [1.54, 1.807) is 47.6 Å². The molecule has 1 aliphatic heterocycles. The lowest BCUT2D eigenvalue weighted by atomic mass is 9.96. The zero-order valence-electron chi connectivity index (χ0n) is 28.5. The minimum Gasteiger partial charge on any atom is -0.443 e. The molecule has 0 N–H and O–H groups in total. The lowest BCUT2D eigenvalue weighted by molar-refractivity contribution is -0.167. The number of carbonyl (C=O) groups is 4. The van der Waals surface area contributed by atoms with Gasteiger partial charge in [-0.1, -0.05) is 59.3 Å². The Morgan fingerprint density at radius 1 is 0.881 bits per heavy atom. The molecule has 0 aromatic heterocycles. The first-order chi connectivity index (χ1) is 19.0. The van der Waals surface area contributed by atoms with Crippen LogP contribution < -0.4 is 0 Å². The first-order valence-corrected chi connectivity index (χ1v) is 17.3. The fourth-order valence-electron chi connectivity index (χ4n) is 5.51. The van der Waals surface area contributed by atoms with E-state index >= 15 is 0 Å². The molecular weight excluding hydrogens is 552 g/mol. The average Bonchev–Trinajstić information content (AvgIpc) is 2.78. The molecule has 1 saturated heterocycles. The van der Waals surface area contributed by atoms with Gasteiger partial charge in [-0.2, -0.15) is 0 Å². The van der Waals surface area contributed by atoms with E-state index in [2.05, 4.69) is 41.5 Å². The van der Waals surface area contributed by atoms with Crippen LogP contribution in [-0.4, -0.2) is 72.0 Å². The van der Waals surface area contributed by atoms with Gasteiger partial charge in [-0.25, -0.2) is 14.5 Å². The van der Waals surface area contributed by atoms with Gasteiger partial charge in [0.25, 0.3) is 11.8 Å². The highest BCUT2D eigenvalue weighted by Gasteiger charge is 2.56. The lowest BCUT2D eigenvalue weighted by Gasteiger charge is -2.51. The van der Waals surface area contributed by atoms with Crippen molar-refractivity contribution < 1.29 is 33.1 Å². The van der Waals surface area contributed by atoms with Crippen LogP contribution in [0.4, 0.5) is 9.59 Å². The molecule has 0 unspecified atom stereocenters. The Kier molecular flexibility index (Phi) is 13.3. The van der Waals surface area contributed by atoms with Crippen molar-refractivity contribution in [1.29, 1.82) is 0 Å². The standard InChI is InChI=1S/C32H56N2O7Si/c1-21(2)20-25-27(41-42(22(3)4,23(5)6)24(7)8)28(36)34(25)26(35)18-16-15-17-19-33(29(37)39-31(9,10)11)30(38)40-32(12,13)14/h16,18,20,22-25,27H,15,17,19H2,1-14H3/b18-16+/t25-,27+/m0/s1. The highest BCUT2D eigenvalue weighted by molar-refractivity contribution is 6.77. The number of carbonyl (C=O) groups excluding carboxylic acids is 4. The third-order valence-electron chi connectivity index (χ3n) is 7.11. The van der Waals surface area contributed by atoms with Crippen molar-refractivity contribution in [3.8, 4) is 0 Å². The molecule has 1 rings (SSSR count). The molecule has 9 nitrogen and oxygen atoms in total. The number of hydrogen-bond donors (Lipinski definition) is 0. The molecule has 4 amide bonds. The number of β-lactam (4-membered cyclic amide) rings is 1. The molecule has 0 spiro atoms. The summed E-state index contributed by atoms with van der Waals surface area (Å²) in [5.41, 5.74) is 0.365. The second-order valence-electron chi connectivity index (χ2n) is 14.3. The van der Waals surface area contributed by atoms with Gasteiger partial charge in [0.1, 0.15) is 17.3 Å². The van der Waals surface area contributed by atoms with E-state index in [0.717, 1.165) is 10.5 Å². The second kappa shape index (κ2) is 14.8. The van der Waals surface area contributed by atoms with Gasteiger partial charge in [-0.05, 0) is 90.9 Å². The average molecular weight is 609 g/mol. The van der Waals surface area contributed by atoms with E-state index in [4.69, 9.17) is 13.9 Å². The fraction of sp³-hybridized carbons (Fsp3) is 0.750. The maximum absolute atomic E-state index is 13.3. The molecule has 0 aliphatic carbocycles. The predicted octanol–water partition coefficient (Wildman–Crippen LogP) is 7.76. The van der Waals surface area contributed by atoms with E-state index in [1.165, 1.54) is 11.0 Å². The maximum Gasteiger partial charge on any atom is 0.419 e. The first-order valence-electron chi connectivity index (χ1n) is 15.1. The lowest BCUT2D eigenvalue weighted by Crippen LogP contribution is -2.70. The number of amides is 4. The summed E-state index contributed by atoms with van der Waals surface area (Å²) in [6.45, 7) is 27.3. The van der Waals surface area contributed by atoms with Crippen LogP contribution in [0.1, 0.15) is 110 Å². The zero-order valence-corrected chi connectivity index (χ0v) is 29.5. The Labute approximate surface area is 255 Å². The Bertz CT molecular complexity index is 981. The summed E-state index contributed by atoms with van der Waals surface area (Å²) in [7, 11) is -2.34. The first kappa shape index (κ1) is 37.6. The van der Waals surface area contributed by atoms with Gasteiger partial charge in [-0.15, -0.1) is 0 Å². The molecule has 240 valence electrons. The normalized spacial score (nSPS) is 18.0. The third kappa shape index (κ3) is 10.1. The minimum atomic E-state index is -2.34. The van der Waals surface area contributed by atoms with E-state index in [9.17, 15) is 19.2 Å². The van der Waals surface area contributed by atoms with Gasteiger partial charge < -0.3 is 13.9 Å². The van der Waals surface area contributed by atoms with Crippen molar-refractivity contribution in [2.24, 2.45) is 0 Å². The van der Waals surface area contributed by atoms with E-state index in [-0.39, 0.29) is 12.5 Å². The summed E-state index contributed by atoms with van der Waals surface area (Å²) in [5, 5.41) is 0. The molecule has 0 bridgehead atoms. The molecule has 2 atom stereocenters. The van der Waals surface area contributed by atoms with Crippen molar-refractivity contribution in [3.63, 3.8) is 0 Å². The number of likely N-dealkylation sites (tertiary alicyclic amines) is 1. The molecule has 10 heteroatoms. The van der Waals surface area contributed by atoms with Crippen LogP contribution in [-0.2, 0) is 23.5 Å². The Balaban J connectivity index is 3.00. The number of imide groups is 2. The summed E-state index contributed by atoms with van der Waals surface area (Å²) in [4.78, 5) is 54.0. The number of hydrogen-bond acceptors (Lipinski definition) is 7. The smallest absolute Gasteiger partial charge is 0.419 e. The van der Waals surface area contributed by atoms with Gasteiger partial charge in [0.2, 0.25) is 8.32 Å². The van der Waals surface area contributed by atoms with Crippen molar-refractivity contribution >= 4 is 32.3 Å². The number of allylic oxidation sites excluding steroid dienone is 2. The van der Waals surface area contributed by atoms with Crippen LogP contribution in [0, 0.1) is 0 Å². The van der Waals surface area contributed by atoms with E-state index in [1.807, 2.05) is 19.9 Å². The van der Waals surface area contributed by atoms with Gasteiger partial charge in [0.05, 0.1) is 6.04 Å². The Morgan fingerprint density at radius 3 is 1.71 bits per heavy atom. The molecule has 1 fully saturated rings. The van der Waals surface area contributed by atoms with E-state index < -0.39 is 49.8 Å². The van der Waals surface area contributed by atoms with Crippen molar-refractivity contribution in [3.05, 3.63) is 23.8 Å². The highest BCUT2D eigenvalue weighted by atomic mass is 28.4. The number of nitrogens with zero attached hydrogens (tertiary/aromatic N) is 2. The van der Waals surface area contributed by atoms with Crippen molar-refractivity contribution in [2.45, 2.75) is 150 Å². The van der Waals surface area contributed by atoms with Crippen LogP contribution in [0.3, 0.4) is 0 Å². The van der Waals surface area contributed by atoms with Crippen LogP contribution in [0.15, 0.2) is 23.8 Å². The Hall–Kier alpha value is -2.46. The molecule has 1 aliphatic rings. The molecular formula is C32H56N2O7Si. The summed E-state index contributed by atoms with van der Waals surface area (Å²) < 4.78 is 17.5. The summed E-state index contributed by atoms with van der Waals surface area (Å²) in [6, 6.07) is -0.461. The van der Waals surface area contributed by atoms with Gasteiger partial charge in [0, 0.05) is 6.54 Å². The quantitative estimate of drug-likeness (QED) is 0.0776. The second-order valence-corrected chi connectivity index (χ2v) is 19.7. The maximum atomic E-state index is 13.3. The molecule has 0 saturated carbocycles. The minimum absolute atomic E-state index is 0.0492.